The number of amides is 2. The fourth-order valence-electron chi connectivity index (χ4n) is 2.71. The molecule has 2 amide bonds. The van der Waals surface area contributed by atoms with Gasteiger partial charge in [0, 0.05) is 24.6 Å². The van der Waals surface area contributed by atoms with Crippen molar-refractivity contribution in [2.45, 2.75) is 31.3 Å². The van der Waals surface area contributed by atoms with Gasteiger partial charge in [-0.3, -0.25) is 9.59 Å². The normalized spacial score (nSPS) is 20.9. The summed E-state index contributed by atoms with van der Waals surface area (Å²) in [5, 5.41) is 2.88. The third-order valence-electron chi connectivity index (χ3n) is 4.05. The number of hydrogen-bond acceptors (Lipinski definition) is 4. The number of likely N-dealkylation sites (tertiary alicyclic amines) is 1. The Bertz CT molecular complexity index is 607. The lowest BCUT2D eigenvalue weighted by Gasteiger charge is -2.16. The zero-order valence-electron chi connectivity index (χ0n) is 12.4. The molecule has 0 aromatic heterocycles. The van der Waals surface area contributed by atoms with E-state index in [2.05, 4.69) is 10.1 Å². The summed E-state index contributed by atoms with van der Waals surface area (Å²) in [6.45, 7) is 0.593. The van der Waals surface area contributed by atoms with Gasteiger partial charge in [0.1, 0.15) is 0 Å². The summed E-state index contributed by atoms with van der Waals surface area (Å²) in [5.41, 5.74) is 0.861. The van der Waals surface area contributed by atoms with Crippen LogP contribution in [0.1, 0.15) is 40.0 Å². The van der Waals surface area contributed by atoms with Crippen LogP contribution in [0.5, 0.6) is 0 Å². The number of carbonyl (C=O) groups is 3. The molecule has 1 saturated heterocycles. The van der Waals surface area contributed by atoms with E-state index >= 15 is 0 Å². The number of ether oxygens (including phenoxy) is 1. The molecule has 1 aromatic carbocycles. The molecule has 3 rings (SSSR count). The van der Waals surface area contributed by atoms with Gasteiger partial charge < -0.3 is 15.0 Å². The average molecular weight is 302 g/mol. The molecule has 1 N–H and O–H groups in total. The van der Waals surface area contributed by atoms with Crippen LogP contribution in [-0.4, -0.2) is 48.4 Å². The Kier molecular flexibility index (Phi) is 3.83. The highest BCUT2D eigenvalue weighted by atomic mass is 16.5. The van der Waals surface area contributed by atoms with Crippen molar-refractivity contribution in [2.24, 2.45) is 0 Å². The van der Waals surface area contributed by atoms with Gasteiger partial charge in [-0.15, -0.1) is 0 Å². The Hall–Kier alpha value is -2.37. The van der Waals surface area contributed by atoms with Crippen LogP contribution in [0.25, 0.3) is 0 Å². The van der Waals surface area contributed by atoms with Gasteiger partial charge in [0.25, 0.3) is 5.91 Å². The molecule has 0 bridgehead atoms. The minimum Gasteiger partial charge on any atom is -0.465 e. The minimum absolute atomic E-state index is 0.119. The van der Waals surface area contributed by atoms with Crippen LogP contribution in [0.2, 0.25) is 0 Å². The van der Waals surface area contributed by atoms with E-state index in [0.29, 0.717) is 30.1 Å². The third kappa shape index (κ3) is 2.95. The molecule has 1 aliphatic heterocycles. The second kappa shape index (κ2) is 5.79. The Balaban J connectivity index is 1.60. The van der Waals surface area contributed by atoms with Crippen LogP contribution in [0.4, 0.5) is 0 Å². The van der Waals surface area contributed by atoms with Gasteiger partial charge in [0.15, 0.2) is 0 Å². The molecule has 1 heterocycles. The van der Waals surface area contributed by atoms with Crippen molar-refractivity contribution in [3.05, 3.63) is 35.4 Å². The molecule has 0 radical (unpaired) electrons. The van der Waals surface area contributed by atoms with Crippen LogP contribution in [-0.2, 0) is 9.53 Å². The Morgan fingerprint density at radius 2 is 1.82 bits per heavy atom. The first-order valence-corrected chi connectivity index (χ1v) is 7.37. The smallest absolute Gasteiger partial charge is 0.337 e. The van der Waals surface area contributed by atoms with Gasteiger partial charge in [0.2, 0.25) is 5.91 Å². The van der Waals surface area contributed by atoms with Crippen LogP contribution in [0, 0.1) is 0 Å². The Morgan fingerprint density at radius 3 is 2.41 bits per heavy atom. The van der Waals surface area contributed by atoms with E-state index in [1.54, 1.807) is 24.3 Å². The zero-order valence-corrected chi connectivity index (χ0v) is 12.4. The molecule has 0 spiro atoms. The Morgan fingerprint density at radius 1 is 1.18 bits per heavy atom. The van der Waals surface area contributed by atoms with E-state index < -0.39 is 5.97 Å². The molecule has 1 atom stereocenters. The van der Waals surface area contributed by atoms with Gasteiger partial charge >= 0.3 is 5.97 Å². The van der Waals surface area contributed by atoms with Gasteiger partial charge in [-0.1, -0.05) is 0 Å². The number of nitrogens with zero attached hydrogens (tertiary/aromatic N) is 1. The summed E-state index contributed by atoms with van der Waals surface area (Å²) in [6.07, 6.45) is 2.51. The van der Waals surface area contributed by atoms with Crippen molar-refractivity contribution in [3.8, 4) is 0 Å². The van der Waals surface area contributed by atoms with Crippen LogP contribution in [0.15, 0.2) is 24.3 Å². The SMILES string of the molecule is COC(=O)c1ccc(C(=O)N[C@@H]2CC(=O)N(C3CC3)C2)cc1. The molecule has 1 saturated carbocycles. The molecule has 22 heavy (non-hydrogen) atoms. The van der Waals surface area contributed by atoms with Crippen molar-refractivity contribution in [1.29, 1.82) is 0 Å². The molecule has 6 heteroatoms. The fourth-order valence-corrected chi connectivity index (χ4v) is 2.71. The van der Waals surface area contributed by atoms with Crippen molar-refractivity contribution >= 4 is 17.8 Å². The van der Waals surface area contributed by atoms with E-state index in [1.807, 2.05) is 4.90 Å². The van der Waals surface area contributed by atoms with Crippen LogP contribution < -0.4 is 5.32 Å². The third-order valence-corrected chi connectivity index (χ3v) is 4.05. The lowest BCUT2D eigenvalue weighted by Crippen LogP contribution is -2.37. The van der Waals surface area contributed by atoms with Crippen molar-refractivity contribution < 1.29 is 19.1 Å². The molecule has 116 valence electrons. The maximum absolute atomic E-state index is 12.2. The average Bonchev–Trinajstić information content (AvgIpc) is 3.30. The van der Waals surface area contributed by atoms with E-state index in [4.69, 9.17) is 0 Å². The van der Waals surface area contributed by atoms with E-state index in [-0.39, 0.29) is 17.9 Å². The van der Waals surface area contributed by atoms with Gasteiger partial charge in [-0.2, -0.15) is 0 Å². The molecule has 0 unspecified atom stereocenters. The Labute approximate surface area is 128 Å². The molecule has 2 aliphatic rings. The monoisotopic (exact) mass is 302 g/mol. The molecule has 6 nitrogen and oxygen atoms in total. The van der Waals surface area contributed by atoms with E-state index in [0.717, 1.165) is 12.8 Å². The number of carbonyl (C=O) groups excluding carboxylic acids is 3. The number of rotatable bonds is 4. The first kappa shape index (κ1) is 14.6. The fraction of sp³-hybridized carbons (Fsp3) is 0.438. The van der Waals surface area contributed by atoms with Crippen LogP contribution >= 0.6 is 0 Å². The number of nitrogens with one attached hydrogen (secondary N) is 1. The first-order valence-electron chi connectivity index (χ1n) is 7.37. The number of methoxy groups -OCH3 is 1. The summed E-state index contributed by atoms with van der Waals surface area (Å²) >= 11 is 0. The van der Waals surface area contributed by atoms with Crippen molar-refractivity contribution in [2.75, 3.05) is 13.7 Å². The van der Waals surface area contributed by atoms with Gasteiger partial charge in [0.05, 0.1) is 18.7 Å². The summed E-state index contributed by atoms with van der Waals surface area (Å²) in [7, 11) is 1.31. The number of hydrogen-bond donors (Lipinski definition) is 1. The highest BCUT2D eigenvalue weighted by Gasteiger charge is 2.39. The lowest BCUT2D eigenvalue weighted by atomic mass is 10.1. The first-order chi connectivity index (χ1) is 10.6. The molecular weight excluding hydrogens is 284 g/mol. The number of benzene rings is 1. The summed E-state index contributed by atoms with van der Waals surface area (Å²) in [5.74, 6) is -0.547. The molecule has 1 aromatic rings. The quantitative estimate of drug-likeness (QED) is 0.841. The zero-order chi connectivity index (χ0) is 15.7. The second-order valence-corrected chi connectivity index (χ2v) is 5.72. The number of esters is 1. The predicted molar refractivity (Wildman–Crippen MR) is 78.4 cm³/mol. The summed E-state index contributed by atoms with van der Waals surface area (Å²) in [4.78, 5) is 37.3. The molecule has 1 aliphatic carbocycles. The standard InChI is InChI=1S/C16H18N2O4/c1-22-16(21)11-4-2-10(3-5-11)15(20)17-12-8-14(19)18(9-12)13-6-7-13/h2-5,12-13H,6-9H2,1H3,(H,17,20)/t12-/m1/s1. The van der Waals surface area contributed by atoms with Crippen molar-refractivity contribution in [1.82, 2.24) is 10.2 Å². The van der Waals surface area contributed by atoms with Crippen LogP contribution in [0.3, 0.4) is 0 Å². The maximum atomic E-state index is 12.2. The summed E-state index contributed by atoms with van der Waals surface area (Å²) in [6, 6.07) is 6.51. The van der Waals surface area contributed by atoms with E-state index in [1.165, 1.54) is 7.11 Å². The highest BCUT2D eigenvalue weighted by molar-refractivity contribution is 5.96. The largest absolute Gasteiger partial charge is 0.465 e. The second-order valence-electron chi connectivity index (χ2n) is 5.72. The lowest BCUT2D eigenvalue weighted by molar-refractivity contribution is -0.128. The predicted octanol–water partition coefficient (Wildman–Crippen LogP) is 0.966. The van der Waals surface area contributed by atoms with Gasteiger partial charge in [-0.05, 0) is 37.1 Å². The topological polar surface area (TPSA) is 75.7 Å². The van der Waals surface area contributed by atoms with Crippen molar-refractivity contribution in [3.63, 3.8) is 0 Å². The maximum Gasteiger partial charge on any atom is 0.337 e. The molecule has 2 fully saturated rings. The van der Waals surface area contributed by atoms with E-state index in [9.17, 15) is 14.4 Å². The summed E-state index contributed by atoms with van der Waals surface area (Å²) < 4.78 is 4.61. The highest BCUT2D eigenvalue weighted by Crippen LogP contribution is 2.30. The minimum atomic E-state index is -0.437. The molecular formula is C16H18N2O4. The van der Waals surface area contributed by atoms with Gasteiger partial charge in [-0.25, -0.2) is 4.79 Å².